The van der Waals surface area contributed by atoms with Gasteiger partial charge in [-0.3, -0.25) is 9.59 Å². The average molecular weight is 1120 g/mol. The van der Waals surface area contributed by atoms with Crippen LogP contribution in [0.3, 0.4) is 0 Å². The molecule has 0 heterocycles. The molecular weight excluding hydrogens is 983 g/mol. The van der Waals surface area contributed by atoms with Crippen LogP contribution >= 0.6 is 0 Å². The van der Waals surface area contributed by atoms with Gasteiger partial charge in [-0.25, -0.2) is 0 Å². The number of amides is 1. The summed E-state index contributed by atoms with van der Waals surface area (Å²) in [5.74, 6) is -0.0527. The Morgan fingerprint density at radius 1 is 0.350 bits per heavy atom. The van der Waals surface area contributed by atoms with Crippen LogP contribution in [-0.2, 0) is 14.3 Å². The summed E-state index contributed by atoms with van der Waals surface area (Å²) in [6.45, 7) is 4.88. The molecule has 80 heavy (non-hydrogen) atoms. The number of rotatable bonds is 68. The van der Waals surface area contributed by atoms with Crippen molar-refractivity contribution in [3.05, 3.63) is 36.5 Å². The van der Waals surface area contributed by atoms with Gasteiger partial charge in [-0.15, -0.1) is 0 Å². The van der Waals surface area contributed by atoms with Gasteiger partial charge in [0.15, 0.2) is 0 Å². The van der Waals surface area contributed by atoms with E-state index in [0.717, 1.165) is 51.4 Å². The molecule has 0 aliphatic rings. The summed E-state index contributed by atoms with van der Waals surface area (Å²) < 4.78 is 5.49. The molecule has 472 valence electrons. The number of unbranched alkanes of at least 4 members (excludes halogenated alkanes) is 53. The van der Waals surface area contributed by atoms with E-state index in [4.69, 9.17) is 4.74 Å². The van der Waals surface area contributed by atoms with E-state index < -0.39 is 12.1 Å². The van der Waals surface area contributed by atoms with Crippen molar-refractivity contribution in [1.82, 2.24) is 5.32 Å². The number of carbonyl (C=O) groups is 2. The van der Waals surface area contributed by atoms with E-state index in [9.17, 15) is 19.8 Å². The van der Waals surface area contributed by atoms with Crippen molar-refractivity contribution in [2.75, 3.05) is 13.2 Å². The molecule has 0 aromatic carbocycles. The van der Waals surface area contributed by atoms with Crippen molar-refractivity contribution in [3.8, 4) is 0 Å². The van der Waals surface area contributed by atoms with Crippen molar-refractivity contribution < 1.29 is 24.5 Å². The van der Waals surface area contributed by atoms with E-state index in [0.29, 0.717) is 19.4 Å². The fourth-order valence-electron chi connectivity index (χ4n) is 11.4. The maximum atomic E-state index is 12.5. The van der Waals surface area contributed by atoms with Gasteiger partial charge >= 0.3 is 5.97 Å². The minimum absolute atomic E-state index is 0.00868. The van der Waals surface area contributed by atoms with Crippen molar-refractivity contribution in [2.24, 2.45) is 0 Å². The summed E-state index contributed by atoms with van der Waals surface area (Å²) in [5.41, 5.74) is 0. The molecule has 3 N–H and O–H groups in total. The van der Waals surface area contributed by atoms with E-state index >= 15 is 0 Å². The Morgan fingerprint density at radius 2 is 0.637 bits per heavy atom. The van der Waals surface area contributed by atoms with Crippen LogP contribution in [0, 0.1) is 0 Å². The Kier molecular flexibility index (Phi) is 67.9. The lowest BCUT2D eigenvalue weighted by molar-refractivity contribution is -0.143. The summed E-state index contributed by atoms with van der Waals surface area (Å²) in [6, 6.07) is -0.622. The monoisotopic (exact) mass is 1120 g/mol. The Morgan fingerprint density at radius 3 is 0.988 bits per heavy atom. The zero-order chi connectivity index (χ0) is 57.8. The second-order valence-electron chi connectivity index (χ2n) is 24.9. The second kappa shape index (κ2) is 69.6. The summed E-state index contributed by atoms with van der Waals surface area (Å²) in [4.78, 5) is 24.5. The van der Waals surface area contributed by atoms with Gasteiger partial charge in [0.25, 0.3) is 0 Å². The third-order valence-electron chi connectivity index (χ3n) is 16.9. The van der Waals surface area contributed by atoms with Crippen molar-refractivity contribution >= 4 is 11.9 Å². The molecule has 0 radical (unpaired) electrons. The van der Waals surface area contributed by atoms with Crippen LogP contribution in [0.15, 0.2) is 36.5 Å². The first kappa shape index (κ1) is 78.1. The molecule has 1 amide bonds. The maximum absolute atomic E-state index is 12.5. The zero-order valence-corrected chi connectivity index (χ0v) is 54.1. The normalized spacial score (nSPS) is 12.7. The zero-order valence-electron chi connectivity index (χ0n) is 54.1. The molecule has 0 fully saturated rings. The van der Waals surface area contributed by atoms with Gasteiger partial charge in [-0.1, -0.05) is 365 Å². The molecule has 0 aliphatic carbocycles. The predicted octanol–water partition coefficient (Wildman–Crippen LogP) is 23.5. The van der Waals surface area contributed by atoms with Gasteiger partial charge in [0.1, 0.15) is 0 Å². The summed E-state index contributed by atoms with van der Waals surface area (Å²) in [6.07, 6.45) is 89.7. The first-order chi connectivity index (χ1) is 39.5. The average Bonchev–Trinajstić information content (AvgIpc) is 3.46. The highest BCUT2D eigenvalue weighted by molar-refractivity contribution is 5.76. The SMILES string of the molecule is CCCC/C=C\C/C=C\CCCCCCCC(=O)OCCCCCCCCCCCCCCCCCCCCCCCCCCCCCCCCCCCCCCCC(=O)NC(CO)C(O)/C=C/CCCCCCCCCCCC. The minimum atomic E-state index is -0.839. The van der Waals surface area contributed by atoms with Crippen LogP contribution in [0.2, 0.25) is 0 Å². The van der Waals surface area contributed by atoms with E-state index in [1.807, 2.05) is 6.08 Å². The molecular formula is C74H141NO5. The standard InChI is InChI=1S/C74H141NO5/c1-3-5-7-9-11-13-15-17-44-48-52-56-60-64-68-74(79)80-69-65-61-57-53-49-45-42-40-38-36-34-32-30-28-26-24-22-20-18-19-21-23-25-27-29-31-33-35-37-39-41-43-47-51-55-59-63-67-73(78)75-71(70-76)72(77)66-62-58-54-50-46-16-14-12-10-8-6-4-2/h9,11,15,17,62,66,71-72,76-77H,3-8,10,12-14,16,18-61,63-65,67-70H2,1-2H3,(H,75,78)/b11-9-,17-15-,66-62+. The Balaban J connectivity index is 3.30. The summed E-state index contributed by atoms with van der Waals surface area (Å²) in [5, 5.41) is 23.1. The van der Waals surface area contributed by atoms with Crippen LogP contribution in [0.4, 0.5) is 0 Å². The minimum Gasteiger partial charge on any atom is -0.466 e. The lowest BCUT2D eigenvalue weighted by atomic mass is 10.0. The van der Waals surface area contributed by atoms with Crippen molar-refractivity contribution in [2.45, 2.75) is 411 Å². The Labute approximate surface area is 500 Å². The van der Waals surface area contributed by atoms with Crippen LogP contribution in [-0.4, -0.2) is 47.4 Å². The van der Waals surface area contributed by atoms with E-state index in [1.54, 1.807) is 6.08 Å². The number of hydrogen-bond donors (Lipinski definition) is 3. The number of nitrogens with one attached hydrogen (secondary N) is 1. The molecule has 2 unspecified atom stereocenters. The molecule has 0 bridgehead atoms. The van der Waals surface area contributed by atoms with Gasteiger partial charge < -0.3 is 20.3 Å². The van der Waals surface area contributed by atoms with E-state index in [1.165, 1.54) is 321 Å². The lowest BCUT2D eigenvalue weighted by Gasteiger charge is -2.20. The van der Waals surface area contributed by atoms with Gasteiger partial charge in [-0.05, 0) is 57.8 Å². The Hall–Kier alpha value is -1.92. The number of ether oxygens (including phenoxy) is 1. The lowest BCUT2D eigenvalue weighted by Crippen LogP contribution is -2.45. The number of aliphatic hydroxyl groups excluding tert-OH is 2. The Bertz CT molecular complexity index is 1300. The smallest absolute Gasteiger partial charge is 0.305 e. The maximum Gasteiger partial charge on any atom is 0.305 e. The highest BCUT2D eigenvalue weighted by Gasteiger charge is 2.18. The molecule has 0 aromatic rings. The molecule has 6 nitrogen and oxygen atoms in total. The van der Waals surface area contributed by atoms with Gasteiger partial charge in [-0.2, -0.15) is 0 Å². The van der Waals surface area contributed by atoms with Crippen LogP contribution in [0.25, 0.3) is 0 Å². The fourth-order valence-corrected chi connectivity index (χ4v) is 11.4. The number of aliphatic hydroxyl groups is 2. The topological polar surface area (TPSA) is 95.9 Å². The third-order valence-corrected chi connectivity index (χ3v) is 16.9. The summed E-state index contributed by atoms with van der Waals surface area (Å²) >= 11 is 0. The van der Waals surface area contributed by atoms with Gasteiger partial charge in [0, 0.05) is 12.8 Å². The van der Waals surface area contributed by atoms with Crippen LogP contribution in [0.5, 0.6) is 0 Å². The van der Waals surface area contributed by atoms with Crippen molar-refractivity contribution in [3.63, 3.8) is 0 Å². The van der Waals surface area contributed by atoms with Gasteiger partial charge in [0.05, 0.1) is 25.4 Å². The van der Waals surface area contributed by atoms with Crippen molar-refractivity contribution in [1.29, 1.82) is 0 Å². The largest absolute Gasteiger partial charge is 0.466 e. The number of esters is 1. The van der Waals surface area contributed by atoms with Gasteiger partial charge in [0.2, 0.25) is 5.91 Å². The van der Waals surface area contributed by atoms with E-state index in [2.05, 4.69) is 43.5 Å². The molecule has 0 aliphatic heterocycles. The molecule has 0 saturated heterocycles. The number of carbonyl (C=O) groups excluding carboxylic acids is 2. The van der Waals surface area contributed by atoms with Crippen LogP contribution in [0.1, 0.15) is 399 Å². The molecule has 6 heteroatoms. The number of allylic oxidation sites excluding steroid dienone is 5. The van der Waals surface area contributed by atoms with E-state index in [-0.39, 0.29) is 18.5 Å². The number of hydrogen-bond acceptors (Lipinski definition) is 5. The quantitative estimate of drug-likeness (QED) is 0.0320. The molecule has 0 saturated carbocycles. The first-order valence-corrected chi connectivity index (χ1v) is 36.3. The molecule has 0 spiro atoms. The first-order valence-electron chi connectivity index (χ1n) is 36.3. The summed E-state index contributed by atoms with van der Waals surface area (Å²) in [7, 11) is 0. The fraction of sp³-hybridized carbons (Fsp3) is 0.892. The highest BCUT2D eigenvalue weighted by Crippen LogP contribution is 2.19. The van der Waals surface area contributed by atoms with Crippen LogP contribution < -0.4 is 5.32 Å². The second-order valence-corrected chi connectivity index (χ2v) is 24.9. The predicted molar refractivity (Wildman–Crippen MR) is 352 cm³/mol. The molecule has 2 atom stereocenters. The molecule has 0 aromatic heterocycles. The third kappa shape index (κ3) is 65.2. The highest BCUT2D eigenvalue weighted by atomic mass is 16.5. The molecule has 0 rings (SSSR count).